The van der Waals surface area contributed by atoms with Gasteiger partial charge in [-0.2, -0.15) is 0 Å². The predicted molar refractivity (Wildman–Crippen MR) is 200 cm³/mol. The lowest BCUT2D eigenvalue weighted by atomic mass is 9.82. The molecule has 0 bridgehead atoms. The summed E-state index contributed by atoms with van der Waals surface area (Å²) in [5.74, 6) is -1.42. The maximum atomic E-state index is 14.4. The molecule has 4 rings (SSSR count). The molecule has 1 aliphatic carbocycles. The van der Waals surface area contributed by atoms with Crippen LogP contribution in [0.15, 0.2) is 60.1 Å². The summed E-state index contributed by atoms with van der Waals surface area (Å²) in [7, 11) is 1.68. The number of rotatable bonds is 18. The van der Waals surface area contributed by atoms with Gasteiger partial charge in [0.2, 0.25) is 17.7 Å². The Hall–Kier alpha value is -3.87. The Balaban J connectivity index is 1.59. The number of thiazole rings is 1. The van der Waals surface area contributed by atoms with E-state index in [9.17, 15) is 24.6 Å². The number of aliphatic hydroxyl groups excluding tert-OH is 2. The van der Waals surface area contributed by atoms with Gasteiger partial charge in [0, 0.05) is 31.5 Å². The Morgan fingerprint density at radius 1 is 0.980 bits per heavy atom. The van der Waals surface area contributed by atoms with Crippen LogP contribution in [0.1, 0.15) is 95.1 Å². The SMILES string of the molecule is CC(C)C[C@H](O)[C@H](O)[C@H](CC1CCCCC1)NC(=O)[C@@H](CC(=O)N(CC(=O)N(C)Cc1ccccn1)[C@@H](C)c1ccccc1)Cc1csc(N)n1. The summed E-state index contributed by atoms with van der Waals surface area (Å²) in [6.45, 7) is 5.93. The molecule has 0 unspecified atom stereocenters. The molecular formula is C39H56N6O5S. The van der Waals surface area contributed by atoms with Gasteiger partial charge in [0.05, 0.1) is 42.0 Å². The number of aromatic nitrogens is 2. The summed E-state index contributed by atoms with van der Waals surface area (Å²) in [5.41, 5.74) is 8.11. The zero-order valence-corrected chi connectivity index (χ0v) is 31.3. The quantitative estimate of drug-likeness (QED) is 0.141. The molecule has 0 spiro atoms. The zero-order valence-electron chi connectivity index (χ0n) is 30.5. The Labute approximate surface area is 306 Å². The van der Waals surface area contributed by atoms with Crippen LogP contribution in [0.2, 0.25) is 0 Å². The van der Waals surface area contributed by atoms with Crippen LogP contribution in [-0.4, -0.2) is 79.5 Å². The minimum atomic E-state index is -1.16. The highest BCUT2D eigenvalue weighted by Crippen LogP contribution is 2.30. The maximum Gasteiger partial charge on any atom is 0.242 e. The first-order valence-electron chi connectivity index (χ1n) is 18.3. The number of amides is 3. The van der Waals surface area contributed by atoms with Gasteiger partial charge in [-0.05, 0) is 49.3 Å². The van der Waals surface area contributed by atoms with Crippen molar-refractivity contribution in [2.24, 2.45) is 17.8 Å². The molecule has 5 atom stereocenters. The lowest BCUT2D eigenvalue weighted by Crippen LogP contribution is -2.52. The van der Waals surface area contributed by atoms with Crippen LogP contribution < -0.4 is 11.1 Å². The van der Waals surface area contributed by atoms with Gasteiger partial charge in [0.25, 0.3) is 0 Å². The molecule has 1 aliphatic rings. The molecule has 278 valence electrons. The molecule has 5 N–H and O–H groups in total. The second-order valence-electron chi connectivity index (χ2n) is 14.5. The Bertz CT molecular complexity index is 1520. The fourth-order valence-electron chi connectivity index (χ4n) is 6.95. The number of carbonyl (C=O) groups excluding carboxylic acids is 3. The summed E-state index contributed by atoms with van der Waals surface area (Å²) in [5, 5.41) is 27.6. The minimum Gasteiger partial charge on any atom is -0.390 e. The molecule has 1 saturated carbocycles. The van der Waals surface area contributed by atoms with E-state index in [0.717, 1.165) is 36.9 Å². The Morgan fingerprint density at radius 2 is 1.69 bits per heavy atom. The third-order valence-corrected chi connectivity index (χ3v) is 10.6. The van der Waals surface area contributed by atoms with Crippen molar-refractivity contribution in [2.75, 3.05) is 19.3 Å². The molecule has 3 aromatic rings. The Kier molecular flexibility index (Phi) is 15.4. The van der Waals surface area contributed by atoms with Crippen LogP contribution in [0.4, 0.5) is 5.13 Å². The average molecular weight is 721 g/mol. The highest BCUT2D eigenvalue weighted by molar-refractivity contribution is 7.13. The van der Waals surface area contributed by atoms with Gasteiger partial charge in [-0.15, -0.1) is 11.3 Å². The number of nitrogens with zero attached hydrogens (tertiary/aromatic N) is 4. The van der Waals surface area contributed by atoms with Crippen molar-refractivity contribution < 1.29 is 24.6 Å². The third kappa shape index (κ3) is 12.4. The molecule has 3 amide bonds. The first-order chi connectivity index (χ1) is 24.4. The second-order valence-corrected chi connectivity index (χ2v) is 15.4. The van der Waals surface area contributed by atoms with Crippen molar-refractivity contribution in [1.82, 2.24) is 25.1 Å². The number of aliphatic hydroxyl groups is 2. The lowest BCUT2D eigenvalue weighted by molar-refractivity contribution is -0.144. The van der Waals surface area contributed by atoms with E-state index in [1.807, 2.05) is 69.3 Å². The molecule has 2 aromatic heterocycles. The molecule has 0 saturated heterocycles. The fourth-order valence-corrected chi connectivity index (χ4v) is 7.53. The minimum absolute atomic E-state index is 0.146. The summed E-state index contributed by atoms with van der Waals surface area (Å²) in [6, 6.07) is 13.9. The van der Waals surface area contributed by atoms with Gasteiger partial charge in [0.15, 0.2) is 5.13 Å². The van der Waals surface area contributed by atoms with Crippen LogP contribution in [0.25, 0.3) is 0 Å². The molecular weight excluding hydrogens is 665 g/mol. The molecule has 2 heterocycles. The van der Waals surface area contributed by atoms with E-state index in [4.69, 9.17) is 5.73 Å². The number of nitrogen functional groups attached to an aromatic ring is 1. The largest absolute Gasteiger partial charge is 0.390 e. The number of nitrogens with two attached hydrogens (primary N) is 1. The second kappa shape index (κ2) is 19.7. The van der Waals surface area contributed by atoms with Crippen molar-refractivity contribution >= 4 is 34.2 Å². The van der Waals surface area contributed by atoms with Crippen LogP contribution in [0.3, 0.4) is 0 Å². The first-order valence-corrected chi connectivity index (χ1v) is 19.1. The number of likely N-dealkylation sites (N-methyl/N-ethyl adjacent to an activating group) is 1. The average Bonchev–Trinajstić information content (AvgIpc) is 3.54. The van der Waals surface area contributed by atoms with Gasteiger partial charge in [-0.25, -0.2) is 4.98 Å². The van der Waals surface area contributed by atoms with Crippen LogP contribution in [0.5, 0.6) is 0 Å². The molecule has 1 aromatic carbocycles. The summed E-state index contributed by atoms with van der Waals surface area (Å²) in [4.78, 5) is 54.1. The van der Waals surface area contributed by atoms with E-state index in [1.54, 1.807) is 23.5 Å². The van der Waals surface area contributed by atoms with E-state index in [0.29, 0.717) is 29.6 Å². The van der Waals surface area contributed by atoms with Crippen LogP contribution >= 0.6 is 11.3 Å². The highest BCUT2D eigenvalue weighted by atomic mass is 32.1. The standard InChI is InChI=1S/C39H56N6O5S/c1-26(2)19-34(46)37(49)33(20-28-13-7-5-8-14-28)43-38(50)30(21-32-25-51-39(40)42-32)22-35(47)45(27(3)29-15-9-6-10-16-29)24-36(48)44(4)23-31-17-11-12-18-41-31/h6,9-12,15-18,25-28,30,33-34,37,46,49H,5,7-8,13-14,19-24H2,1-4H3,(H2,40,42)(H,43,50)/t27-,30+,33-,34-,37+/m0/s1. The number of nitrogens with one attached hydrogen (secondary N) is 1. The fraction of sp³-hybridized carbons (Fsp3) is 0.564. The third-order valence-electron chi connectivity index (χ3n) is 9.90. The van der Waals surface area contributed by atoms with E-state index in [-0.39, 0.29) is 43.7 Å². The number of hydrogen-bond acceptors (Lipinski definition) is 9. The predicted octanol–water partition coefficient (Wildman–Crippen LogP) is 5.14. The van der Waals surface area contributed by atoms with Gasteiger partial charge < -0.3 is 31.1 Å². The number of carbonyl (C=O) groups is 3. The molecule has 12 heteroatoms. The molecule has 0 aliphatic heterocycles. The van der Waals surface area contributed by atoms with Crippen molar-refractivity contribution in [1.29, 1.82) is 0 Å². The normalized spacial score (nSPS) is 16.5. The molecule has 51 heavy (non-hydrogen) atoms. The van der Waals surface area contributed by atoms with Crippen molar-refractivity contribution in [2.45, 2.75) is 109 Å². The molecule has 11 nitrogen and oxygen atoms in total. The number of benzene rings is 1. The van der Waals surface area contributed by atoms with E-state index in [1.165, 1.54) is 22.7 Å². The molecule has 0 radical (unpaired) electrons. The molecule has 1 fully saturated rings. The van der Waals surface area contributed by atoms with Gasteiger partial charge in [-0.1, -0.05) is 82.3 Å². The van der Waals surface area contributed by atoms with Gasteiger partial charge >= 0.3 is 0 Å². The van der Waals surface area contributed by atoms with Gasteiger partial charge in [-0.3, -0.25) is 19.4 Å². The van der Waals surface area contributed by atoms with Crippen molar-refractivity contribution in [3.8, 4) is 0 Å². The van der Waals surface area contributed by atoms with Crippen molar-refractivity contribution in [3.05, 3.63) is 77.1 Å². The zero-order chi connectivity index (χ0) is 36.9. The number of pyridine rings is 1. The topological polar surface area (TPSA) is 162 Å². The summed E-state index contributed by atoms with van der Waals surface area (Å²) in [6.07, 6.45) is 5.79. The Morgan fingerprint density at radius 3 is 2.31 bits per heavy atom. The van der Waals surface area contributed by atoms with E-state index in [2.05, 4.69) is 15.3 Å². The van der Waals surface area contributed by atoms with E-state index >= 15 is 0 Å². The summed E-state index contributed by atoms with van der Waals surface area (Å²) >= 11 is 1.26. The monoisotopic (exact) mass is 720 g/mol. The number of hydrogen-bond donors (Lipinski definition) is 4. The van der Waals surface area contributed by atoms with Crippen molar-refractivity contribution in [3.63, 3.8) is 0 Å². The summed E-state index contributed by atoms with van der Waals surface area (Å²) < 4.78 is 0. The highest BCUT2D eigenvalue weighted by Gasteiger charge is 2.35. The lowest BCUT2D eigenvalue weighted by Gasteiger charge is -2.34. The van der Waals surface area contributed by atoms with E-state index < -0.39 is 36.1 Å². The first kappa shape index (κ1) is 39.9. The maximum absolute atomic E-state index is 14.4. The van der Waals surface area contributed by atoms with Crippen LogP contribution in [0, 0.1) is 17.8 Å². The smallest absolute Gasteiger partial charge is 0.242 e. The van der Waals surface area contributed by atoms with Gasteiger partial charge in [0.1, 0.15) is 12.6 Å². The van der Waals surface area contributed by atoms with Crippen LogP contribution in [-0.2, 0) is 27.3 Å². The number of anilines is 1.